The molecule has 1 aromatic carbocycles. The van der Waals surface area contributed by atoms with Crippen LogP contribution in [0.3, 0.4) is 0 Å². The number of carbonyl (C=O) groups excluding carboxylic acids is 2. The number of anilines is 1. The van der Waals surface area contributed by atoms with Gasteiger partial charge in [0.1, 0.15) is 0 Å². The van der Waals surface area contributed by atoms with E-state index in [1.807, 2.05) is 26.8 Å². The first-order chi connectivity index (χ1) is 8.99. The number of esters is 1. The predicted octanol–water partition coefficient (Wildman–Crippen LogP) is 2.57. The maximum absolute atomic E-state index is 11.8. The van der Waals surface area contributed by atoms with Crippen molar-refractivity contribution in [3.63, 3.8) is 0 Å². The van der Waals surface area contributed by atoms with E-state index in [0.717, 1.165) is 5.56 Å². The molecule has 5 nitrogen and oxygen atoms in total. The third kappa shape index (κ3) is 3.98. The molecule has 0 saturated heterocycles. The number of ether oxygens (including phenoxy) is 1. The Kier molecular flexibility index (Phi) is 5.36. The molecule has 0 unspecified atom stereocenters. The highest BCUT2D eigenvalue weighted by molar-refractivity contribution is 6.02. The molecule has 1 rings (SSSR count). The number of hydrogen-bond donors (Lipinski definition) is 2. The molecule has 19 heavy (non-hydrogen) atoms. The van der Waals surface area contributed by atoms with Crippen LogP contribution in [-0.4, -0.2) is 25.2 Å². The van der Waals surface area contributed by atoms with Crippen molar-refractivity contribution in [3.05, 3.63) is 29.3 Å². The number of urea groups is 1. The molecule has 1 aromatic rings. The highest BCUT2D eigenvalue weighted by Gasteiger charge is 2.17. The Bertz CT molecular complexity index is 470. The zero-order chi connectivity index (χ0) is 14.4. The van der Waals surface area contributed by atoms with Gasteiger partial charge in [-0.05, 0) is 31.9 Å². The van der Waals surface area contributed by atoms with Crippen LogP contribution in [-0.2, 0) is 11.2 Å². The molecule has 0 radical (unpaired) electrons. The lowest BCUT2D eigenvalue weighted by Gasteiger charge is -2.14. The highest BCUT2D eigenvalue weighted by atomic mass is 16.5. The summed E-state index contributed by atoms with van der Waals surface area (Å²) in [6, 6.07) is 5.02. The molecule has 0 bridgehead atoms. The summed E-state index contributed by atoms with van der Waals surface area (Å²) >= 11 is 0. The van der Waals surface area contributed by atoms with E-state index in [9.17, 15) is 9.59 Å². The second-order valence-electron chi connectivity index (χ2n) is 4.44. The van der Waals surface area contributed by atoms with E-state index in [4.69, 9.17) is 4.74 Å². The van der Waals surface area contributed by atoms with Gasteiger partial charge in [-0.25, -0.2) is 9.59 Å². The van der Waals surface area contributed by atoms with Crippen molar-refractivity contribution in [3.8, 4) is 0 Å². The van der Waals surface area contributed by atoms with Crippen molar-refractivity contribution >= 4 is 17.7 Å². The summed E-state index contributed by atoms with van der Waals surface area (Å²) in [5.41, 5.74) is 1.71. The van der Waals surface area contributed by atoms with E-state index >= 15 is 0 Å². The molecule has 0 fully saturated rings. The smallest absolute Gasteiger partial charge is 0.340 e. The Morgan fingerprint density at radius 1 is 1.32 bits per heavy atom. The van der Waals surface area contributed by atoms with Gasteiger partial charge in [-0.15, -0.1) is 0 Å². The average molecular weight is 264 g/mol. The van der Waals surface area contributed by atoms with Crippen molar-refractivity contribution in [2.45, 2.75) is 33.2 Å². The van der Waals surface area contributed by atoms with Crippen molar-refractivity contribution in [2.75, 3.05) is 12.4 Å². The minimum atomic E-state index is -0.447. The number of carbonyl (C=O) groups is 2. The second-order valence-corrected chi connectivity index (χ2v) is 4.44. The summed E-state index contributed by atoms with van der Waals surface area (Å²) in [4.78, 5) is 23.5. The molecule has 0 aliphatic heterocycles. The van der Waals surface area contributed by atoms with E-state index < -0.39 is 5.97 Å². The highest BCUT2D eigenvalue weighted by Crippen LogP contribution is 2.21. The quantitative estimate of drug-likeness (QED) is 0.821. The number of aryl methyl sites for hydroxylation is 1. The summed E-state index contributed by atoms with van der Waals surface area (Å²) in [5.74, 6) is -0.447. The fraction of sp³-hybridized carbons (Fsp3) is 0.429. The third-order valence-corrected chi connectivity index (χ3v) is 2.59. The fourth-order valence-corrected chi connectivity index (χ4v) is 1.76. The van der Waals surface area contributed by atoms with E-state index in [0.29, 0.717) is 17.7 Å². The van der Waals surface area contributed by atoms with Gasteiger partial charge in [0.2, 0.25) is 0 Å². The molecule has 0 saturated carbocycles. The predicted molar refractivity (Wildman–Crippen MR) is 74.4 cm³/mol. The standard InChI is InChI=1S/C14H20N2O3/c1-5-10-7-6-8-11(12(10)13(17)19-4)16-14(18)15-9(2)3/h6-9H,5H2,1-4H3,(H2,15,16,18). The molecule has 2 N–H and O–H groups in total. The normalized spacial score (nSPS) is 10.2. The first-order valence-electron chi connectivity index (χ1n) is 6.27. The fourth-order valence-electron chi connectivity index (χ4n) is 1.76. The van der Waals surface area contributed by atoms with Crippen molar-refractivity contribution in [1.29, 1.82) is 0 Å². The molecule has 0 aliphatic carbocycles. The van der Waals surface area contributed by atoms with Crippen LogP contribution in [0.15, 0.2) is 18.2 Å². The molecule has 2 amide bonds. The molecular weight excluding hydrogens is 244 g/mol. The number of nitrogens with one attached hydrogen (secondary N) is 2. The molecule has 104 valence electrons. The van der Waals surface area contributed by atoms with Gasteiger partial charge in [-0.1, -0.05) is 19.1 Å². The Morgan fingerprint density at radius 3 is 2.53 bits per heavy atom. The molecular formula is C14H20N2O3. The van der Waals surface area contributed by atoms with Gasteiger partial charge < -0.3 is 15.4 Å². The SMILES string of the molecule is CCc1cccc(NC(=O)NC(C)C)c1C(=O)OC. The van der Waals surface area contributed by atoms with E-state index in [-0.39, 0.29) is 12.1 Å². The molecule has 0 aliphatic rings. The van der Waals surface area contributed by atoms with Crippen LogP contribution >= 0.6 is 0 Å². The molecule has 0 spiro atoms. The Labute approximate surface area is 113 Å². The van der Waals surface area contributed by atoms with Crippen LogP contribution < -0.4 is 10.6 Å². The van der Waals surface area contributed by atoms with Crippen molar-refractivity contribution in [1.82, 2.24) is 5.32 Å². The summed E-state index contributed by atoms with van der Waals surface area (Å²) in [7, 11) is 1.33. The lowest BCUT2D eigenvalue weighted by atomic mass is 10.0. The Morgan fingerprint density at radius 2 is 2.00 bits per heavy atom. The number of amides is 2. The summed E-state index contributed by atoms with van der Waals surface area (Å²) in [6.07, 6.45) is 0.686. The first kappa shape index (κ1) is 15.0. The van der Waals surface area contributed by atoms with Crippen LogP contribution in [0.25, 0.3) is 0 Å². The Hall–Kier alpha value is -2.04. The van der Waals surface area contributed by atoms with Gasteiger partial charge in [0.15, 0.2) is 0 Å². The zero-order valence-corrected chi connectivity index (χ0v) is 11.7. The number of methoxy groups -OCH3 is 1. The van der Waals surface area contributed by atoms with Gasteiger partial charge in [-0.2, -0.15) is 0 Å². The topological polar surface area (TPSA) is 67.4 Å². The van der Waals surface area contributed by atoms with Crippen molar-refractivity contribution < 1.29 is 14.3 Å². The van der Waals surface area contributed by atoms with Gasteiger partial charge in [0.25, 0.3) is 0 Å². The molecule has 5 heteroatoms. The summed E-state index contributed by atoms with van der Waals surface area (Å²) in [5, 5.41) is 5.39. The number of benzene rings is 1. The first-order valence-corrected chi connectivity index (χ1v) is 6.27. The minimum absolute atomic E-state index is 0.0240. The van der Waals surface area contributed by atoms with Crippen LogP contribution in [0.2, 0.25) is 0 Å². The molecule has 0 atom stereocenters. The molecule has 0 aromatic heterocycles. The van der Waals surface area contributed by atoms with Crippen molar-refractivity contribution in [2.24, 2.45) is 0 Å². The van der Waals surface area contributed by atoms with Crippen LogP contribution in [0.5, 0.6) is 0 Å². The van der Waals surface area contributed by atoms with E-state index in [1.54, 1.807) is 12.1 Å². The average Bonchev–Trinajstić information content (AvgIpc) is 2.36. The van der Waals surface area contributed by atoms with Gasteiger partial charge in [0, 0.05) is 6.04 Å². The monoisotopic (exact) mass is 264 g/mol. The third-order valence-electron chi connectivity index (χ3n) is 2.59. The Balaban J connectivity index is 3.06. The van der Waals surface area contributed by atoms with Gasteiger partial charge >= 0.3 is 12.0 Å². The maximum atomic E-state index is 11.8. The van der Waals surface area contributed by atoms with Gasteiger partial charge in [0.05, 0.1) is 18.4 Å². The largest absolute Gasteiger partial charge is 0.465 e. The van der Waals surface area contributed by atoms with Gasteiger partial charge in [-0.3, -0.25) is 0 Å². The van der Waals surface area contributed by atoms with Crippen LogP contribution in [0.1, 0.15) is 36.7 Å². The lowest BCUT2D eigenvalue weighted by Crippen LogP contribution is -2.34. The summed E-state index contributed by atoms with van der Waals surface area (Å²) in [6.45, 7) is 5.67. The lowest BCUT2D eigenvalue weighted by molar-refractivity contribution is 0.0600. The molecule has 0 heterocycles. The maximum Gasteiger partial charge on any atom is 0.340 e. The zero-order valence-electron chi connectivity index (χ0n) is 11.7. The number of hydrogen-bond acceptors (Lipinski definition) is 3. The second kappa shape index (κ2) is 6.78. The van der Waals surface area contributed by atoms with Crippen LogP contribution in [0, 0.1) is 0 Å². The summed E-state index contributed by atoms with van der Waals surface area (Å²) < 4.78 is 4.77. The minimum Gasteiger partial charge on any atom is -0.465 e. The van der Waals surface area contributed by atoms with E-state index in [2.05, 4.69) is 10.6 Å². The van der Waals surface area contributed by atoms with E-state index in [1.165, 1.54) is 7.11 Å². The van der Waals surface area contributed by atoms with Crippen LogP contribution in [0.4, 0.5) is 10.5 Å². The number of rotatable bonds is 4.